The lowest BCUT2D eigenvalue weighted by molar-refractivity contribution is -0.147. The minimum Gasteiger partial charge on any atom is -0.479 e. The van der Waals surface area contributed by atoms with Gasteiger partial charge >= 0.3 is 5.97 Å². The summed E-state index contributed by atoms with van der Waals surface area (Å²) in [5.41, 5.74) is 1.97. The molecule has 0 aliphatic rings. The second kappa shape index (κ2) is 5.94. The average molecular weight is 227 g/mol. The summed E-state index contributed by atoms with van der Waals surface area (Å²) in [5, 5.41) is 10.1. The maximum absolute atomic E-state index is 11.0. The second-order valence-corrected chi connectivity index (χ2v) is 3.48. The zero-order valence-corrected chi connectivity index (χ0v) is 8.49. The van der Waals surface area contributed by atoms with Crippen LogP contribution in [0.2, 0.25) is 0 Å². The van der Waals surface area contributed by atoms with Gasteiger partial charge in [0.2, 0.25) is 0 Å². The summed E-state index contributed by atoms with van der Waals surface area (Å²) in [5.74, 6) is -1.64. The second-order valence-electron chi connectivity index (χ2n) is 2.50. The highest BCUT2D eigenvalue weighted by Gasteiger charge is 1.98. The van der Waals surface area contributed by atoms with Crippen LogP contribution in [0.15, 0.2) is 23.6 Å². The fraction of sp³-hybridized carbons (Fsp3) is 0.111. The molecule has 0 unspecified atom stereocenters. The number of thiophene rings is 1. The van der Waals surface area contributed by atoms with Crippen LogP contribution in [0.25, 0.3) is 6.08 Å². The molecule has 1 heterocycles. The predicted molar refractivity (Wildman–Crippen MR) is 55.1 cm³/mol. The van der Waals surface area contributed by atoms with E-state index < -0.39 is 18.5 Å². The van der Waals surface area contributed by atoms with Crippen LogP contribution >= 0.6 is 11.3 Å². The molecule has 0 fully saturated rings. The summed E-state index contributed by atoms with van der Waals surface area (Å²) in [7, 11) is 0. The molecule has 0 radical (unpaired) electrons. The Kier molecular flexibility index (Phi) is 4.52. The summed E-state index contributed by atoms with van der Waals surface area (Å²) >= 11 is 1.49. The average Bonchev–Trinajstić information content (AvgIpc) is 2.66. The van der Waals surface area contributed by atoms with E-state index in [2.05, 4.69) is 4.84 Å². The molecule has 2 N–H and O–H groups in total. The fourth-order valence-corrected chi connectivity index (χ4v) is 1.36. The van der Waals surface area contributed by atoms with Crippen molar-refractivity contribution in [3.8, 4) is 0 Å². The molecule has 15 heavy (non-hydrogen) atoms. The molecule has 0 saturated carbocycles. The minimum absolute atomic E-state index is 0.496. The Labute approximate surface area is 89.9 Å². The molecule has 1 aromatic heterocycles. The maximum atomic E-state index is 11.0. The van der Waals surface area contributed by atoms with E-state index in [1.807, 2.05) is 23.0 Å². The normalized spacial score (nSPS) is 10.4. The van der Waals surface area contributed by atoms with Crippen LogP contribution in [0, 0.1) is 0 Å². The molecule has 80 valence electrons. The van der Waals surface area contributed by atoms with Gasteiger partial charge in [-0.05, 0) is 17.5 Å². The van der Waals surface area contributed by atoms with Gasteiger partial charge in [0, 0.05) is 11.0 Å². The molecule has 0 aliphatic carbocycles. The fourth-order valence-electron chi connectivity index (χ4n) is 0.747. The first-order valence-corrected chi connectivity index (χ1v) is 4.91. The van der Waals surface area contributed by atoms with Crippen LogP contribution in [0.5, 0.6) is 0 Å². The van der Waals surface area contributed by atoms with E-state index in [1.54, 1.807) is 6.08 Å². The van der Waals surface area contributed by atoms with E-state index in [9.17, 15) is 9.59 Å². The lowest BCUT2D eigenvalue weighted by Gasteiger charge is -1.98. The molecule has 0 saturated heterocycles. The minimum atomic E-state index is -1.14. The smallest absolute Gasteiger partial charge is 0.332 e. The number of rotatable bonds is 5. The monoisotopic (exact) mass is 227 g/mol. The molecule has 0 aliphatic heterocycles. The summed E-state index contributed by atoms with van der Waals surface area (Å²) in [4.78, 5) is 26.4. The third-order valence-corrected chi connectivity index (χ3v) is 2.15. The van der Waals surface area contributed by atoms with Gasteiger partial charge in [0.25, 0.3) is 5.91 Å². The molecule has 0 aromatic carbocycles. The zero-order valence-electron chi connectivity index (χ0n) is 7.67. The molecule has 6 heteroatoms. The third kappa shape index (κ3) is 4.94. The first kappa shape index (κ1) is 11.4. The molecule has 0 bridgehead atoms. The lowest BCUT2D eigenvalue weighted by Crippen LogP contribution is -2.24. The number of hydrogen-bond acceptors (Lipinski definition) is 4. The van der Waals surface area contributed by atoms with Crippen molar-refractivity contribution < 1.29 is 19.5 Å². The van der Waals surface area contributed by atoms with Crippen molar-refractivity contribution >= 4 is 29.3 Å². The van der Waals surface area contributed by atoms with Gasteiger partial charge in [0.1, 0.15) is 0 Å². The van der Waals surface area contributed by atoms with E-state index in [1.165, 1.54) is 17.4 Å². The van der Waals surface area contributed by atoms with Crippen molar-refractivity contribution in [3.63, 3.8) is 0 Å². The van der Waals surface area contributed by atoms with E-state index in [0.29, 0.717) is 0 Å². The van der Waals surface area contributed by atoms with E-state index in [4.69, 9.17) is 5.11 Å². The van der Waals surface area contributed by atoms with Crippen LogP contribution in [-0.4, -0.2) is 23.6 Å². The summed E-state index contributed by atoms with van der Waals surface area (Å²) in [6, 6.07) is 3.72. The highest BCUT2D eigenvalue weighted by molar-refractivity contribution is 7.10. The van der Waals surface area contributed by atoms with Gasteiger partial charge in [-0.3, -0.25) is 9.63 Å². The van der Waals surface area contributed by atoms with Crippen molar-refractivity contribution in [1.82, 2.24) is 5.48 Å². The quantitative estimate of drug-likeness (QED) is 0.578. The highest BCUT2D eigenvalue weighted by Crippen LogP contribution is 2.09. The number of carboxylic acids is 1. The number of amides is 1. The Balaban J connectivity index is 2.27. The molecule has 1 aromatic rings. The Morgan fingerprint density at radius 3 is 3.00 bits per heavy atom. The van der Waals surface area contributed by atoms with Crippen LogP contribution in [-0.2, 0) is 14.4 Å². The highest BCUT2D eigenvalue weighted by atomic mass is 32.1. The largest absolute Gasteiger partial charge is 0.479 e. The Hall–Kier alpha value is -1.66. The topological polar surface area (TPSA) is 75.6 Å². The van der Waals surface area contributed by atoms with Crippen molar-refractivity contribution in [1.29, 1.82) is 0 Å². The molecule has 0 spiro atoms. The maximum Gasteiger partial charge on any atom is 0.332 e. The van der Waals surface area contributed by atoms with Crippen LogP contribution in [0.1, 0.15) is 4.88 Å². The zero-order chi connectivity index (χ0) is 11.1. The number of carbonyl (C=O) groups is 2. The summed E-state index contributed by atoms with van der Waals surface area (Å²) in [6.07, 6.45) is 2.89. The molecular weight excluding hydrogens is 218 g/mol. The summed E-state index contributed by atoms with van der Waals surface area (Å²) < 4.78 is 0. The van der Waals surface area contributed by atoms with Crippen LogP contribution in [0.4, 0.5) is 0 Å². The Morgan fingerprint density at radius 1 is 1.60 bits per heavy atom. The number of nitrogens with one attached hydrogen (secondary N) is 1. The first-order valence-electron chi connectivity index (χ1n) is 4.03. The lowest BCUT2D eigenvalue weighted by atomic mass is 10.4. The van der Waals surface area contributed by atoms with E-state index in [0.717, 1.165) is 4.88 Å². The van der Waals surface area contributed by atoms with Crippen LogP contribution in [0.3, 0.4) is 0 Å². The van der Waals surface area contributed by atoms with Gasteiger partial charge < -0.3 is 5.11 Å². The van der Waals surface area contributed by atoms with E-state index in [-0.39, 0.29) is 0 Å². The van der Waals surface area contributed by atoms with Gasteiger partial charge in [-0.2, -0.15) is 0 Å². The summed E-state index contributed by atoms with van der Waals surface area (Å²) in [6.45, 7) is -0.557. The Morgan fingerprint density at radius 2 is 2.40 bits per heavy atom. The van der Waals surface area contributed by atoms with Gasteiger partial charge in [0.05, 0.1) is 0 Å². The molecule has 1 amide bonds. The molecule has 1 rings (SSSR count). The third-order valence-electron chi connectivity index (χ3n) is 1.31. The van der Waals surface area contributed by atoms with Gasteiger partial charge in [-0.25, -0.2) is 10.3 Å². The number of carbonyl (C=O) groups excluding carboxylic acids is 1. The van der Waals surface area contributed by atoms with E-state index >= 15 is 0 Å². The number of carboxylic acid groups (broad SMARTS) is 1. The van der Waals surface area contributed by atoms with Crippen molar-refractivity contribution in [2.45, 2.75) is 0 Å². The van der Waals surface area contributed by atoms with Crippen molar-refractivity contribution in [2.24, 2.45) is 0 Å². The number of hydroxylamine groups is 1. The SMILES string of the molecule is O=C(O)CONC(=O)C=Cc1cccs1. The molecular formula is C9H9NO4S. The van der Waals surface area contributed by atoms with Crippen LogP contribution < -0.4 is 5.48 Å². The molecule has 5 nitrogen and oxygen atoms in total. The Bertz CT molecular complexity index is 358. The first-order chi connectivity index (χ1) is 7.18. The standard InChI is InChI=1S/C9H9NO4S/c11-8(10-14-6-9(12)13)4-3-7-2-1-5-15-7/h1-5H,6H2,(H,10,11)(H,12,13). The van der Waals surface area contributed by atoms with Crippen molar-refractivity contribution in [2.75, 3.05) is 6.61 Å². The van der Waals surface area contributed by atoms with Crippen molar-refractivity contribution in [3.05, 3.63) is 28.5 Å². The molecule has 0 atom stereocenters. The number of hydrogen-bond donors (Lipinski definition) is 2. The van der Waals surface area contributed by atoms with Gasteiger partial charge in [-0.15, -0.1) is 11.3 Å². The van der Waals surface area contributed by atoms with Gasteiger partial charge in [0.15, 0.2) is 6.61 Å². The van der Waals surface area contributed by atoms with Gasteiger partial charge in [-0.1, -0.05) is 6.07 Å². The number of aliphatic carboxylic acids is 1. The predicted octanol–water partition coefficient (Wildman–Crippen LogP) is 0.894.